The van der Waals surface area contributed by atoms with Crippen molar-refractivity contribution in [1.29, 1.82) is 0 Å². The van der Waals surface area contributed by atoms with Gasteiger partial charge in [0.15, 0.2) is 0 Å². The number of hydrogen-bond acceptors (Lipinski definition) is 5. The molecule has 0 saturated carbocycles. The van der Waals surface area contributed by atoms with Gasteiger partial charge >= 0.3 is 0 Å². The Morgan fingerprint density at radius 3 is 2.45 bits per heavy atom. The molecular weight excluding hydrogens is 388 g/mol. The lowest BCUT2D eigenvalue weighted by Gasteiger charge is -2.42. The van der Waals surface area contributed by atoms with Crippen molar-refractivity contribution in [3.63, 3.8) is 0 Å². The smallest absolute Gasteiger partial charge is 0.258 e. The molecule has 5 rings (SSSR count). The predicted octanol–water partition coefficient (Wildman–Crippen LogP) is 2.11. The van der Waals surface area contributed by atoms with Crippen LogP contribution >= 0.6 is 0 Å². The molecule has 2 atom stereocenters. The lowest BCUT2D eigenvalue weighted by molar-refractivity contribution is 0.186. The van der Waals surface area contributed by atoms with Gasteiger partial charge in [-0.15, -0.1) is 0 Å². The highest BCUT2D eigenvalue weighted by Gasteiger charge is 2.39. The summed E-state index contributed by atoms with van der Waals surface area (Å²) in [6, 6.07) is 12.3. The molecule has 0 radical (unpaired) electrons. The highest BCUT2D eigenvalue weighted by molar-refractivity contribution is 7.89. The molecule has 2 aliphatic heterocycles. The van der Waals surface area contributed by atoms with Gasteiger partial charge in [0.2, 0.25) is 10.0 Å². The van der Waals surface area contributed by atoms with Crippen molar-refractivity contribution in [2.45, 2.75) is 23.8 Å². The van der Waals surface area contributed by atoms with Crippen LogP contribution in [-0.4, -0.2) is 40.3 Å². The summed E-state index contributed by atoms with van der Waals surface area (Å²) in [7, 11) is -3.54. The lowest BCUT2D eigenvalue weighted by atomic mass is 9.84. The predicted molar refractivity (Wildman–Crippen MR) is 108 cm³/mol. The zero-order valence-electron chi connectivity index (χ0n) is 15.7. The molecule has 2 bridgehead atoms. The molecule has 29 heavy (non-hydrogen) atoms. The van der Waals surface area contributed by atoms with Crippen LogP contribution in [0, 0.1) is 5.92 Å². The minimum atomic E-state index is -3.54. The third-order valence-electron chi connectivity index (χ3n) is 5.82. The quantitative estimate of drug-likeness (QED) is 0.663. The first-order chi connectivity index (χ1) is 14.0. The number of pyridine rings is 1. The zero-order chi connectivity index (χ0) is 20.0. The summed E-state index contributed by atoms with van der Waals surface area (Å²) in [6.07, 6.45) is 5.60. The highest BCUT2D eigenvalue weighted by Crippen LogP contribution is 2.37. The van der Waals surface area contributed by atoms with E-state index in [0.717, 1.165) is 12.1 Å². The van der Waals surface area contributed by atoms with Crippen molar-refractivity contribution >= 4 is 10.0 Å². The van der Waals surface area contributed by atoms with E-state index in [2.05, 4.69) is 9.97 Å². The first-order valence-electron chi connectivity index (χ1n) is 9.58. The van der Waals surface area contributed by atoms with Gasteiger partial charge in [-0.05, 0) is 36.6 Å². The molecule has 1 aromatic carbocycles. The standard InChI is InChI=1S/C21H20N4O3S/c26-21-19(17-9-22-14-23-10-17)6-7-20-16-8-15(12-25(20)21)11-24(13-16)29(27,28)18-4-2-1-3-5-18/h1-7,9-10,14-16H,8,11-13H2. The second-order valence-electron chi connectivity index (χ2n) is 7.65. The molecule has 1 saturated heterocycles. The molecule has 2 aromatic heterocycles. The molecule has 0 N–H and O–H groups in total. The topological polar surface area (TPSA) is 85.2 Å². The van der Waals surface area contributed by atoms with Gasteiger partial charge in [-0.3, -0.25) is 4.79 Å². The molecule has 0 spiro atoms. The summed E-state index contributed by atoms with van der Waals surface area (Å²) in [5, 5.41) is 0. The second-order valence-corrected chi connectivity index (χ2v) is 9.59. The van der Waals surface area contributed by atoms with E-state index in [1.54, 1.807) is 47.0 Å². The maximum Gasteiger partial charge on any atom is 0.258 e. The second kappa shape index (κ2) is 6.89. The van der Waals surface area contributed by atoms with E-state index in [-0.39, 0.29) is 17.4 Å². The van der Waals surface area contributed by atoms with Crippen molar-refractivity contribution in [2.24, 2.45) is 5.92 Å². The Morgan fingerprint density at radius 2 is 1.69 bits per heavy atom. The van der Waals surface area contributed by atoms with E-state index < -0.39 is 10.0 Å². The number of benzene rings is 1. The van der Waals surface area contributed by atoms with E-state index in [9.17, 15) is 13.2 Å². The first kappa shape index (κ1) is 18.2. The van der Waals surface area contributed by atoms with E-state index in [1.165, 1.54) is 6.33 Å². The number of rotatable bonds is 3. The van der Waals surface area contributed by atoms with Crippen molar-refractivity contribution in [3.05, 3.63) is 77.2 Å². The molecule has 4 heterocycles. The fourth-order valence-corrected chi connectivity index (χ4v) is 6.08. The zero-order valence-corrected chi connectivity index (χ0v) is 16.5. The number of aromatic nitrogens is 3. The maximum absolute atomic E-state index is 13.1. The van der Waals surface area contributed by atoms with Gasteiger partial charge in [0, 0.05) is 49.2 Å². The largest absolute Gasteiger partial charge is 0.311 e. The van der Waals surface area contributed by atoms with Gasteiger partial charge in [0.05, 0.1) is 10.5 Å². The molecule has 0 amide bonds. The minimum absolute atomic E-state index is 0.00904. The highest BCUT2D eigenvalue weighted by atomic mass is 32.2. The van der Waals surface area contributed by atoms with Crippen LogP contribution in [0.2, 0.25) is 0 Å². The Bertz CT molecular complexity index is 1210. The normalized spacial score (nSPS) is 21.5. The molecule has 3 aromatic rings. The average Bonchev–Trinajstić information content (AvgIpc) is 2.75. The van der Waals surface area contributed by atoms with Crippen LogP contribution in [0.4, 0.5) is 0 Å². The van der Waals surface area contributed by atoms with Crippen LogP contribution in [0.15, 0.2) is 70.9 Å². The molecular formula is C21H20N4O3S. The van der Waals surface area contributed by atoms with Gasteiger partial charge in [0.1, 0.15) is 6.33 Å². The molecule has 2 aliphatic rings. The first-order valence-corrected chi connectivity index (χ1v) is 11.0. The number of hydrogen-bond donors (Lipinski definition) is 0. The van der Waals surface area contributed by atoms with Crippen LogP contribution in [0.25, 0.3) is 11.1 Å². The Labute approximate surface area is 168 Å². The Hall–Kier alpha value is -2.84. The van der Waals surface area contributed by atoms with Crippen LogP contribution in [-0.2, 0) is 16.6 Å². The van der Waals surface area contributed by atoms with Gasteiger partial charge in [-0.1, -0.05) is 18.2 Å². The Kier molecular flexibility index (Phi) is 4.33. The maximum atomic E-state index is 13.1. The summed E-state index contributed by atoms with van der Waals surface area (Å²) in [6.45, 7) is 1.34. The number of piperidine rings is 1. The summed E-state index contributed by atoms with van der Waals surface area (Å²) >= 11 is 0. The van der Waals surface area contributed by atoms with E-state index in [1.807, 2.05) is 16.7 Å². The summed E-state index contributed by atoms with van der Waals surface area (Å²) < 4.78 is 29.6. The molecule has 7 nitrogen and oxygen atoms in total. The third-order valence-corrected chi connectivity index (χ3v) is 7.67. The van der Waals surface area contributed by atoms with E-state index in [0.29, 0.717) is 35.7 Å². The minimum Gasteiger partial charge on any atom is -0.311 e. The van der Waals surface area contributed by atoms with Crippen LogP contribution < -0.4 is 5.56 Å². The van der Waals surface area contributed by atoms with Gasteiger partial charge < -0.3 is 4.57 Å². The SMILES string of the molecule is O=c1c(-c2cncnc2)ccc2n1CC1CC2CN(S(=O)(=O)c2ccccc2)C1. The summed E-state index contributed by atoms with van der Waals surface area (Å²) in [5.41, 5.74) is 2.10. The number of sulfonamides is 1. The van der Waals surface area contributed by atoms with Gasteiger partial charge in [-0.25, -0.2) is 18.4 Å². The van der Waals surface area contributed by atoms with E-state index in [4.69, 9.17) is 0 Å². The summed E-state index contributed by atoms with van der Waals surface area (Å²) in [5.74, 6) is 0.120. The van der Waals surface area contributed by atoms with Crippen LogP contribution in [0.3, 0.4) is 0 Å². The molecule has 2 unspecified atom stereocenters. The van der Waals surface area contributed by atoms with Crippen molar-refractivity contribution in [3.8, 4) is 11.1 Å². The van der Waals surface area contributed by atoms with Gasteiger partial charge in [0.25, 0.3) is 5.56 Å². The van der Waals surface area contributed by atoms with Crippen LogP contribution in [0.1, 0.15) is 18.0 Å². The van der Waals surface area contributed by atoms with Crippen molar-refractivity contribution in [2.75, 3.05) is 13.1 Å². The Morgan fingerprint density at radius 1 is 0.931 bits per heavy atom. The monoisotopic (exact) mass is 408 g/mol. The molecule has 8 heteroatoms. The van der Waals surface area contributed by atoms with Crippen molar-refractivity contribution < 1.29 is 8.42 Å². The third kappa shape index (κ3) is 3.08. The number of nitrogens with zero attached hydrogens (tertiary/aromatic N) is 4. The number of fused-ring (bicyclic) bond motifs is 4. The lowest BCUT2D eigenvalue weighted by Crippen LogP contribution is -2.49. The van der Waals surface area contributed by atoms with Crippen LogP contribution in [0.5, 0.6) is 0 Å². The summed E-state index contributed by atoms with van der Waals surface area (Å²) in [4.78, 5) is 21.4. The molecule has 148 valence electrons. The Balaban J connectivity index is 1.51. The fraction of sp³-hybridized carbons (Fsp3) is 0.286. The van der Waals surface area contributed by atoms with E-state index >= 15 is 0 Å². The fourth-order valence-electron chi connectivity index (χ4n) is 4.50. The molecule has 0 aliphatic carbocycles. The van der Waals surface area contributed by atoms with Crippen molar-refractivity contribution in [1.82, 2.24) is 18.8 Å². The average molecular weight is 408 g/mol. The molecule has 1 fully saturated rings. The van der Waals surface area contributed by atoms with Gasteiger partial charge in [-0.2, -0.15) is 4.31 Å².